The molecule has 0 saturated heterocycles. The van der Waals surface area contributed by atoms with Crippen LogP contribution < -0.4 is 5.32 Å². The maximum absolute atomic E-state index is 12.3. The molecule has 1 heterocycles. The highest BCUT2D eigenvalue weighted by Gasteiger charge is 2.16. The normalized spacial score (nSPS) is 11.8. The number of rotatable bonds is 6. The maximum atomic E-state index is 12.3. The van der Waals surface area contributed by atoms with Gasteiger partial charge in [0.25, 0.3) is 5.91 Å². The molecule has 1 atom stereocenters. The van der Waals surface area contributed by atoms with Crippen LogP contribution in [0.2, 0.25) is 0 Å². The second-order valence-corrected chi connectivity index (χ2v) is 7.95. The predicted octanol–water partition coefficient (Wildman–Crippen LogP) is 3.68. The number of thiophene rings is 1. The molecule has 0 aliphatic carbocycles. The largest absolute Gasteiger partial charge is 0.349 e. The van der Waals surface area contributed by atoms with Crippen molar-refractivity contribution in [3.8, 4) is 0 Å². The van der Waals surface area contributed by atoms with Gasteiger partial charge in [-0.05, 0) is 47.1 Å². The summed E-state index contributed by atoms with van der Waals surface area (Å²) < 4.78 is 1.05. The topological polar surface area (TPSA) is 49.4 Å². The molecule has 2 rings (SSSR count). The minimum Gasteiger partial charge on any atom is -0.349 e. The third-order valence-electron chi connectivity index (χ3n) is 3.34. The molecule has 1 N–H and O–H groups in total. The lowest BCUT2D eigenvalue weighted by Crippen LogP contribution is -2.37. The lowest BCUT2D eigenvalue weighted by Gasteiger charge is -2.20. The summed E-state index contributed by atoms with van der Waals surface area (Å²) in [6, 6.07) is 12.8. The molecule has 0 bridgehead atoms. The summed E-state index contributed by atoms with van der Waals surface area (Å²) >= 11 is 5.03. The average Bonchev–Trinajstić information content (AvgIpc) is 2.93. The zero-order valence-electron chi connectivity index (χ0n) is 13.1. The molecule has 0 spiro atoms. The van der Waals surface area contributed by atoms with Crippen molar-refractivity contribution in [2.75, 3.05) is 7.05 Å². The Balaban J connectivity index is 1.83. The Morgan fingerprint density at radius 3 is 2.52 bits per heavy atom. The molecule has 122 valence electrons. The Labute approximate surface area is 148 Å². The molecule has 6 heteroatoms. The van der Waals surface area contributed by atoms with E-state index in [2.05, 4.69) is 21.2 Å². The average molecular weight is 395 g/mol. The Morgan fingerprint density at radius 2 is 1.91 bits per heavy atom. The van der Waals surface area contributed by atoms with Crippen LogP contribution in [0.4, 0.5) is 0 Å². The van der Waals surface area contributed by atoms with Crippen molar-refractivity contribution in [1.29, 1.82) is 0 Å². The monoisotopic (exact) mass is 394 g/mol. The van der Waals surface area contributed by atoms with Gasteiger partial charge in [0.05, 0.1) is 10.3 Å². The SMILES string of the molecule is CC(CC(=O)N(C)Cc1ccc(Br)s1)NC(=O)c1ccccc1. The Morgan fingerprint density at radius 1 is 1.22 bits per heavy atom. The highest BCUT2D eigenvalue weighted by atomic mass is 79.9. The molecule has 2 aromatic rings. The number of benzene rings is 1. The van der Waals surface area contributed by atoms with Crippen LogP contribution in [-0.2, 0) is 11.3 Å². The summed E-state index contributed by atoms with van der Waals surface area (Å²) in [6.07, 6.45) is 0.279. The van der Waals surface area contributed by atoms with Crippen molar-refractivity contribution in [1.82, 2.24) is 10.2 Å². The Bertz CT molecular complexity index is 672. The molecule has 0 radical (unpaired) electrons. The van der Waals surface area contributed by atoms with E-state index >= 15 is 0 Å². The van der Waals surface area contributed by atoms with Gasteiger partial charge in [0, 0.05) is 30.0 Å². The second-order valence-electron chi connectivity index (χ2n) is 5.40. The van der Waals surface area contributed by atoms with Crippen LogP contribution in [0.5, 0.6) is 0 Å². The number of nitrogens with zero attached hydrogens (tertiary/aromatic N) is 1. The van der Waals surface area contributed by atoms with Crippen LogP contribution in [0.25, 0.3) is 0 Å². The highest BCUT2D eigenvalue weighted by molar-refractivity contribution is 9.11. The predicted molar refractivity (Wildman–Crippen MR) is 96.5 cm³/mol. The van der Waals surface area contributed by atoms with E-state index < -0.39 is 0 Å². The van der Waals surface area contributed by atoms with Gasteiger partial charge in [-0.1, -0.05) is 18.2 Å². The summed E-state index contributed by atoms with van der Waals surface area (Å²) in [7, 11) is 1.78. The zero-order chi connectivity index (χ0) is 16.8. The van der Waals surface area contributed by atoms with Crippen molar-refractivity contribution in [2.45, 2.75) is 25.9 Å². The first-order valence-corrected chi connectivity index (χ1v) is 8.90. The number of hydrogen-bond donors (Lipinski definition) is 1. The fourth-order valence-electron chi connectivity index (χ4n) is 2.12. The first kappa shape index (κ1) is 17.7. The van der Waals surface area contributed by atoms with Gasteiger partial charge in [0.2, 0.25) is 5.91 Å². The molecule has 0 fully saturated rings. The van der Waals surface area contributed by atoms with Gasteiger partial charge >= 0.3 is 0 Å². The third-order valence-corrected chi connectivity index (χ3v) is 4.95. The van der Waals surface area contributed by atoms with Gasteiger partial charge in [-0.3, -0.25) is 9.59 Å². The van der Waals surface area contributed by atoms with Gasteiger partial charge in [-0.25, -0.2) is 0 Å². The molecule has 1 aromatic carbocycles. The lowest BCUT2D eigenvalue weighted by molar-refractivity contribution is -0.130. The van der Waals surface area contributed by atoms with E-state index in [4.69, 9.17) is 0 Å². The minimum absolute atomic E-state index is 0.00961. The van der Waals surface area contributed by atoms with E-state index in [1.54, 1.807) is 35.4 Å². The number of carbonyl (C=O) groups is 2. The highest BCUT2D eigenvalue weighted by Crippen LogP contribution is 2.23. The molecule has 1 aromatic heterocycles. The Kier molecular flexibility index (Phi) is 6.36. The van der Waals surface area contributed by atoms with Gasteiger partial charge in [-0.15, -0.1) is 11.3 Å². The fourth-order valence-corrected chi connectivity index (χ4v) is 3.66. The lowest BCUT2D eigenvalue weighted by atomic mass is 10.1. The van der Waals surface area contributed by atoms with E-state index in [-0.39, 0.29) is 24.3 Å². The van der Waals surface area contributed by atoms with E-state index in [0.717, 1.165) is 8.66 Å². The van der Waals surface area contributed by atoms with Gasteiger partial charge < -0.3 is 10.2 Å². The van der Waals surface area contributed by atoms with E-state index in [9.17, 15) is 9.59 Å². The number of amides is 2. The smallest absolute Gasteiger partial charge is 0.251 e. The molecule has 1 unspecified atom stereocenters. The molecular weight excluding hydrogens is 376 g/mol. The first-order chi connectivity index (χ1) is 11.0. The van der Waals surface area contributed by atoms with Gasteiger partial charge in [0.1, 0.15) is 0 Å². The molecule has 23 heavy (non-hydrogen) atoms. The van der Waals surface area contributed by atoms with Gasteiger partial charge in [-0.2, -0.15) is 0 Å². The van der Waals surface area contributed by atoms with E-state index in [1.807, 2.05) is 37.3 Å². The molecule has 0 aliphatic heterocycles. The summed E-state index contributed by atoms with van der Waals surface area (Å²) in [5, 5.41) is 2.86. The number of nitrogens with one attached hydrogen (secondary N) is 1. The van der Waals surface area contributed by atoms with Crippen LogP contribution in [-0.4, -0.2) is 29.8 Å². The number of hydrogen-bond acceptors (Lipinski definition) is 3. The fraction of sp³-hybridized carbons (Fsp3) is 0.294. The van der Waals surface area contributed by atoms with Crippen molar-refractivity contribution >= 4 is 39.1 Å². The molecular formula is C17H19BrN2O2S. The zero-order valence-corrected chi connectivity index (χ0v) is 15.5. The molecule has 0 aliphatic rings. The van der Waals surface area contributed by atoms with Gasteiger partial charge in [0.15, 0.2) is 0 Å². The summed E-state index contributed by atoms with van der Waals surface area (Å²) in [4.78, 5) is 27.1. The number of halogens is 1. The summed E-state index contributed by atoms with van der Waals surface area (Å²) in [5.41, 5.74) is 0.601. The first-order valence-electron chi connectivity index (χ1n) is 7.30. The van der Waals surface area contributed by atoms with Crippen molar-refractivity contribution in [3.63, 3.8) is 0 Å². The molecule has 4 nitrogen and oxygen atoms in total. The maximum Gasteiger partial charge on any atom is 0.251 e. The summed E-state index contributed by atoms with van der Waals surface area (Å²) in [6.45, 7) is 2.42. The molecule has 2 amide bonds. The molecule has 0 saturated carbocycles. The summed E-state index contributed by atoms with van der Waals surface area (Å²) in [5.74, 6) is -0.147. The van der Waals surface area contributed by atoms with E-state index in [1.165, 1.54) is 0 Å². The van der Waals surface area contributed by atoms with Crippen LogP contribution in [0.3, 0.4) is 0 Å². The Hall–Kier alpha value is -1.66. The van der Waals surface area contributed by atoms with E-state index in [0.29, 0.717) is 12.1 Å². The van der Waals surface area contributed by atoms with Crippen LogP contribution in [0.15, 0.2) is 46.3 Å². The van der Waals surface area contributed by atoms with Crippen LogP contribution >= 0.6 is 27.3 Å². The van der Waals surface area contributed by atoms with Crippen LogP contribution in [0.1, 0.15) is 28.6 Å². The van der Waals surface area contributed by atoms with Crippen molar-refractivity contribution in [2.24, 2.45) is 0 Å². The van der Waals surface area contributed by atoms with Crippen molar-refractivity contribution < 1.29 is 9.59 Å². The van der Waals surface area contributed by atoms with Crippen LogP contribution in [0, 0.1) is 0 Å². The quantitative estimate of drug-likeness (QED) is 0.811. The van der Waals surface area contributed by atoms with Crippen molar-refractivity contribution in [3.05, 3.63) is 56.7 Å². The number of carbonyl (C=O) groups excluding carboxylic acids is 2. The second kappa shape index (κ2) is 8.26. The standard InChI is InChI=1S/C17H19BrN2O2S/c1-12(19-17(22)13-6-4-3-5-7-13)10-16(21)20(2)11-14-8-9-15(18)23-14/h3-9,12H,10-11H2,1-2H3,(H,19,22). The third kappa shape index (κ3) is 5.48. The minimum atomic E-state index is -0.215.